The number of hydrogen-bond acceptors (Lipinski definition) is 4. The van der Waals surface area contributed by atoms with E-state index in [4.69, 9.17) is 5.11 Å². The van der Waals surface area contributed by atoms with Crippen molar-refractivity contribution < 1.29 is 14.7 Å². The molecule has 6 nitrogen and oxygen atoms in total. The minimum atomic E-state index is -0.358. The molecule has 0 aliphatic carbocycles. The lowest BCUT2D eigenvalue weighted by atomic mass is 10.3. The third kappa shape index (κ3) is 6.19. The monoisotopic (exact) mass is 261 g/mol. The van der Waals surface area contributed by atoms with E-state index in [1.165, 1.54) is 6.92 Å². The van der Waals surface area contributed by atoms with Crippen molar-refractivity contribution in [3.63, 3.8) is 0 Å². The maximum atomic E-state index is 11.5. The lowest BCUT2D eigenvalue weighted by molar-refractivity contribution is -0.122. The smallest absolute Gasteiger partial charge is 0.244 e. The van der Waals surface area contributed by atoms with E-state index in [9.17, 15) is 9.59 Å². The Morgan fingerprint density at radius 1 is 1.42 bits per heavy atom. The summed E-state index contributed by atoms with van der Waals surface area (Å²) >= 11 is 0. The van der Waals surface area contributed by atoms with Crippen LogP contribution < -0.4 is 10.6 Å². The summed E-state index contributed by atoms with van der Waals surface area (Å²) in [6.45, 7) is 1.24. The van der Waals surface area contributed by atoms with Gasteiger partial charge in [0.25, 0.3) is 0 Å². The fourth-order valence-corrected chi connectivity index (χ4v) is 1.17. The molecule has 3 N–H and O–H groups in total. The minimum absolute atomic E-state index is 0.000141. The number of anilines is 1. The maximum Gasteiger partial charge on any atom is 0.244 e. The zero-order valence-electron chi connectivity index (χ0n) is 10.6. The van der Waals surface area contributed by atoms with Crippen molar-refractivity contribution in [1.29, 1.82) is 0 Å². The molecule has 1 aromatic rings. The molecule has 0 saturated carbocycles. The number of amides is 2. The summed E-state index contributed by atoms with van der Waals surface area (Å²) in [4.78, 5) is 26.2. The molecule has 100 valence electrons. The van der Waals surface area contributed by atoms with Crippen LogP contribution in [0.5, 0.6) is 0 Å². The lowest BCUT2D eigenvalue weighted by Gasteiger charge is -2.04. The Kier molecular flexibility index (Phi) is 6.06. The van der Waals surface area contributed by atoms with Crippen molar-refractivity contribution in [3.05, 3.63) is 23.9 Å². The number of nitrogens with zero attached hydrogens (tertiary/aromatic N) is 1. The van der Waals surface area contributed by atoms with Crippen LogP contribution in [0.15, 0.2) is 18.2 Å². The van der Waals surface area contributed by atoms with E-state index in [2.05, 4.69) is 27.5 Å². The quantitative estimate of drug-likeness (QED) is 0.659. The molecule has 0 atom stereocenters. The molecule has 1 heterocycles. The molecule has 19 heavy (non-hydrogen) atoms. The fourth-order valence-electron chi connectivity index (χ4n) is 1.17. The molecule has 0 unspecified atom stereocenters. The first kappa shape index (κ1) is 14.7. The van der Waals surface area contributed by atoms with Crippen LogP contribution in [0.1, 0.15) is 19.0 Å². The van der Waals surface area contributed by atoms with Crippen molar-refractivity contribution in [1.82, 2.24) is 10.3 Å². The van der Waals surface area contributed by atoms with Gasteiger partial charge >= 0.3 is 0 Å². The Hall–Kier alpha value is -2.39. The second-order valence-electron chi connectivity index (χ2n) is 3.64. The van der Waals surface area contributed by atoms with Gasteiger partial charge in [0.2, 0.25) is 11.8 Å². The Morgan fingerprint density at radius 2 is 2.21 bits per heavy atom. The van der Waals surface area contributed by atoms with Gasteiger partial charge in [0, 0.05) is 13.3 Å². The molecule has 2 amide bonds. The van der Waals surface area contributed by atoms with Crippen LogP contribution in [-0.2, 0) is 9.59 Å². The summed E-state index contributed by atoms with van der Waals surface area (Å²) in [5.74, 6) is 5.24. The number of aliphatic hydroxyl groups excluding tert-OH is 1. The normalized spacial score (nSPS) is 9.16. The van der Waals surface area contributed by atoms with Gasteiger partial charge in [-0.3, -0.25) is 9.59 Å². The van der Waals surface area contributed by atoms with Crippen LogP contribution in [0.25, 0.3) is 0 Å². The summed E-state index contributed by atoms with van der Waals surface area (Å²) in [5.41, 5.74) is 0.505. The van der Waals surface area contributed by atoms with Crippen molar-refractivity contribution in [2.75, 3.05) is 18.5 Å². The number of carbonyl (C=O) groups is 2. The van der Waals surface area contributed by atoms with Crippen molar-refractivity contribution in [2.45, 2.75) is 13.3 Å². The predicted octanol–water partition coefficient (Wildman–Crippen LogP) is -0.110. The highest BCUT2D eigenvalue weighted by Crippen LogP contribution is 2.03. The molecule has 1 rings (SSSR count). The van der Waals surface area contributed by atoms with Crippen LogP contribution >= 0.6 is 0 Å². The highest BCUT2D eigenvalue weighted by Gasteiger charge is 2.03. The second-order valence-corrected chi connectivity index (χ2v) is 3.64. The lowest BCUT2D eigenvalue weighted by Crippen LogP contribution is -2.31. The highest BCUT2D eigenvalue weighted by molar-refractivity contribution is 5.93. The Labute approximate surface area is 111 Å². The van der Waals surface area contributed by atoms with Crippen LogP contribution in [0.2, 0.25) is 0 Å². The van der Waals surface area contributed by atoms with E-state index < -0.39 is 0 Å². The van der Waals surface area contributed by atoms with Crippen LogP contribution in [0.3, 0.4) is 0 Å². The molecule has 0 aliphatic heterocycles. The van der Waals surface area contributed by atoms with Gasteiger partial charge in [-0.15, -0.1) is 0 Å². The topological polar surface area (TPSA) is 91.3 Å². The number of hydrogen-bond donors (Lipinski definition) is 3. The summed E-state index contributed by atoms with van der Waals surface area (Å²) in [7, 11) is 0. The number of aliphatic hydroxyl groups is 1. The fraction of sp³-hybridized carbons (Fsp3) is 0.308. The van der Waals surface area contributed by atoms with Crippen molar-refractivity contribution in [3.8, 4) is 11.8 Å². The van der Waals surface area contributed by atoms with Crippen LogP contribution in [0, 0.1) is 11.8 Å². The first-order valence-corrected chi connectivity index (χ1v) is 5.73. The van der Waals surface area contributed by atoms with E-state index in [0.717, 1.165) is 0 Å². The standard InChI is InChI=1S/C13H15N3O3/c1-10(18)14-9-13(19)16-12-7-4-6-11(15-12)5-2-3-8-17/h4,6-7,17H,3,8-9H2,1H3,(H,14,18)(H,15,16,19). The van der Waals surface area contributed by atoms with E-state index in [1.807, 2.05) is 0 Å². The summed E-state index contributed by atoms with van der Waals surface area (Å²) in [6, 6.07) is 5.04. The van der Waals surface area contributed by atoms with Gasteiger partial charge in [0.15, 0.2) is 0 Å². The summed E-state index contributed by atoms with van der Waals surface area (Å²) < 4.78 is 0. The minimum Gasteiger partial charge on any atom is -0.395 e. The van der Waals surface area contributed by atoms with Crippen LogP contribution in [0.4, 0.5) is 5.82 Å². The van der Waals surface area contributed by atoms with E-state index in [0.29, 0.717) is 17.9 Å². The average Bonchev–Trinajstić information content (AvgIpc) is 2.37. The molecule has 0 fully saturated rings. The number of aromatic nitrogens is 1. The van der Waals surface area contributed by atoms with Crippen molar-refractivity contribution in [2.24, 2.45) is 0 Å². The molecule has 0 spiro atoms. The molecule has 0 radical (unpaired) electrons. The van der Waals surface area contributed by atoms with Gasteiger partial charge in [0.1, 0.15) is 11.5 Å². The highest BCUT2D eigenvalue weighted by atomic mass is 16.2. The first-order chi connectivity index (χ1) is 9.11. The largest absolute Gasteiger partial charge is 0.395 e. The van der Waals surface area contributed by atoms with Gasteiger partial charge in [-0.25, -0.2) is 4.98 Å². The van der Waals surface area contributed by atoms with Gasteiger partial charge in [0.05, 0.1) is 13.2 Å². The molecule has 0 bridgehead atoms. The zero-order valence-corrected chi connectivity index (χ0v) is 10.6. The Bertz CT molecular complexity index is 517. The number of nitrogens with one attached hydrogen (secondary N) is 2. The molecule has 0 saturated heterocycles. The van der Waals surface area contributed by atoms with Crippen LogP contribution in [-0.4, -0.2) is 35.1 Å². The zero-order chi connectivity index (χ0) is 14.1. The number of rotatable bonds is 4. The molecule has 6 heteroatoms. The van der Waals surface area contributed by atoms with Gasteiger partial charge in [-0.2, -0.15) is 0 Å². The van der Waals surface area contributed by atoms with E-state index in [1.54, 1.807) is 18.2 Å². The molecule has 0 aliphatic rings. The average molecular weight is 261 g/mol. The Balaban J connectivity index is 2.59. The second kappa shape index (κ2) is 7.84. The van der Waals surface area contributed by atoms with Gasteiger partial charge < -0.3 is 15.7 Å². The third-order valence-electron chi connectivity index (χ3n) is 1.97. The van der Waals surface area contributed by atoms with E-state index in [-0.39, 0.29) is 25.0 Å². The van der Waals surface area contributed by atoms with Gasteiger partial charge in [-0.1, -0.05) is 12.0 Å². The Morgan fingerprint density at radius 3 is 2.89 bits per heavy atom. The summed E-state index contributed by atoms with van der Waals surface area (Å²) in [5, 5.41) is 13.5. The first-order valence-electron chi connectivity index (χ1n) is 5.73. The molecule has 1 aromatic heterocycles. The van der Waals surface area contributed by atoms with Gasteiger partial charge in [-0.05, 0) is 18.1 Å². The number of carbonyl (C=O) groups excluding carboxylic acids is 2. The molecular weight excluding hydrogens is 246 g/mol. The van der Waals surface area contributed by atoms with E-state index >= 15 is 0 Å². The predicted molar refractivity (Wildman–Crippen MR) is 70.1 cm³/mol. The summed E-state index contributed by atoms with van der Waals surface area (Å²) in [6.07, 6.45) is 0.376. The molecular formula is C13H15N3O3. The third-order valence-corrected chi connectivity index (χ3v) is 1.97. The molecule has 0 aromatic carbocycles. The van der Waals surface area contributed by atoms with Crippen molar-refractivity contribution >= 4 is 17.6 Å². The SMILES string of the molecule is CC(=O)NCC(=O)Nc1cccc(C#CCCO)n1. The number of pyridine rings is 1. The maximum absolute atomic E-state index is 11.5.